The summed E-state index contributed by atoms with van der Waals surface area (Å²) < 4.78 is 4.76. The average Bonchev–Trinajstić information content (AvgIpc) is 3.47. The minimum absolute atomic E-state index is 0.0568. The number of nitrogens with zero attached hydrogens (tertiary/aromatic N) is 1. The lowest BCUT2D eigenvalue weighted by atomic mass is 9.95. The zero-order valence-corrected chi connectivity index (χ0v) is 21.1. The molecular weight excluding hydrogens is 446 g/mol. The Hall–Kier alpha value is -2.44. The van der Waals surface area contributed by atoms with Crippen molar-refractivity contribution in [2.24, 2.45) is 5.92 Å². The predicted molar refractivity (Wildman–Crippen MR) is 137 cm³/mol. The lowest BCUT2D eigenvalue weighted by molar-refractivity contribution is -0.128. The number of benzene rings is 1. The molecule has 3 rings (SSSR count). The molecule has 0 bridgehead atoms. The number of hydrogen-bond acceptors (Lipinski definition) is 5. The van der Waals surface area contributed by atoms with Crippen molar-refractivity contribution in [1.29, 1.82) is 0 Å². The highest BCUT2D eigenvalue weighted by molar-refractivity contribution is 7.13. The molecule has 1 aliphatic heterocycles. The number of ether oxygens (including phenoxy) is 1. The van der Waals surface area contributed by atoms with Gasteiger partial charge >= 0.3 is 5.97 Å². The minimum atomic E-state index is -0.489. The van der Waals surface area contributed by atoms with E-state index in [-0.39, 0.29) is 23.8 Å². The Morgan fingerprint density at radius 3 is 2.74 bits per heavy atom. The van der Waals surface area contributed by atoms with Gasteiger partial charge in [0.2, 0.25) is 5.91 Å². The second-order valence-corrected chi connectivity index (χ2v) is 10.3. The molecule has 5 nitrogen and oxygen atoms in total. The second kappa shape index (κ2) is 13.4. The number of carbonyl (C=O) groups is 2. The molecule has 6 heteroatoms. The molecule has 1 amide bonds. The summed E-state index contributed by atoms with van der Waals surface area (Å²) >= 11 is 1.45. The molecule has 184 valence electrons. The molecule has 0 saturated carbocycles. The number of esters is 1. The molecule has 1 N–H and O–H groups in total. The molecule has 0 spiro atoms. The zero-order chi connectivity index (χ0) is 24.3. The van der Waals surface area contributed by atoms with Crippen LogP contribution in [0, 0.1) is 5.92 Å². The van der Waals surface area contributed by atoms with E-state index in [0.29, 0.717) is 17.8 Å². The summed E-state index contributed by atoms with van der Waals surface area (Å²) in [6.45, 7) is 2.78. The number of carbonyl (C=O) groups excluding carboxylic acids is 2. The highest BCUT2D eigenvalue weighted by Gasteiger charge is 2.28. The third-order valence-corrected chi connectivity index (χ3v) is 7.70. The molecule has 3 atom stereocenters. The Balaban J connectivity index is 1.40. The molecule has 1 unspecified atom stereocenters. The second-order valence-electron chi connectivity index (χ2n) is 9.14. The first-order valence-corrected chi connectivity index (χ1v) is 13.2. The fraction of sp³-hybridized carbons (Fsp3) is 0.500. The van der Waals surface area contributed by atoms with Crippen LogP contribution in [-0.4, -0.2) is 47.7 Å². The Morgan fingerprint density at radius 2 is 1.97 bits per heavy atom. The number of hydrogen-bond donors (Lipinski definition) is 1. The molecule has 1 fully saturated rings. The molecule has 34 heavy (non-hydrogen) atoms. The van der Waals surface area contributed by atoms with Crippen LogP contribution in [0.4, 0.5) is 0 Å². The van der Waals surface area contributed by atoms with Crippen LogP contribution in [0.5, 0.6) is 0 Å². The van der Waals surface area contributed by atoms with Crippen molar-refractivity contribution in [2.45, 2.75) is 70.4 Å². The van der Waals surface area contributed by atoms with Crippen LogP contribution in [0.15, 0.2) is 54.6 Å². The van der Waals surface area contributed by atoms with Gasteiger partial charge in [0.1, 0.15) is 4.88 Å². The predicted octanol–water partition coefficient (Wildman–Crippen LogP) is 5.42. The van der Waals surface area contributed by atoms with Gasteiger partial charge in [-0.3, -0.25) is 4.79 Å². The number of thiophene rings is 1. The third kappa shape index (κ3) is 7.81. The van der Waals surface area contributed by atoms with Crippen LogP contribution >= 0.6 is 11.3 Å². The van der Waals surface area contributed by atoms with Crippen molar-refractivity contribution in [3.63, 3.8) is 0 Å². The molecule has 1 aromatic carbocycles. The Kier molecular flexibility index (Phi) is 10.4. The number of aryl methyl sites for hydroxylation is 2. The van der Waals surface area contributed by atoms with Crippen LogP contribution in [0.1, 0.15) is 65.6 Å². The summed E-state index contributed by atoms with van der Waals surface area (Å²) in [5, 5.41) is 10.6. The highest BCUT2D eigenvalue weighted by atomic mass is 32.1. The Bertz CT molecular complexity index is 939. The van der Waals surface area contributed by atoms with Gasteiger partial charge in [0.15, 0.2) is 0 Å². The smallest absolute Gasteiger partial charge is 0.348 e. The first kappa shape index (κ1) is 26.2. The lowest BCUT2D eigenvalue weighted by Crippen LogP contribution is -2.33. The van der Waals surface area contributed by atoms with Gasteiger partial charge in [-0.1, -0.05) is 55.8 Å². The average molecular weight is 484 g/mol. The first-order chi connectivity index (χ1) is 16.5. The molecule has 1 saturated heterocycles. The number of aliphatic hydroxyl groups excluding tert-OH is 1. The van der Waals surface area contributed by atoms with Crippen LogP contribution in [-0.2, 0) is 22.4 Å². The normalized spacial score (nSPS) is 17.9. The van der Waals surface area contributed by atoms with Crippen molar-refractivity contribution in [3.05, 3.63) is 69.9 Å². The first-order valence-electron chi connectivity index (χ1n) is 12.3. The highest BCUT2D eigenvalue weighted by Crippen LogP contribution is 2.24. The van der Waals surface area contributed by atoms with E-state index < -0.39 is 6.10 Å². The fourth-order valence-electron chi connectivity index (χ4n) is 4.44. The maximum atomic E-state index is 12.4. The fourth-order valence-corrected chi connectivity index (χ4v) is 5.40. The SMILES string of the molecule is COC(=O)c1ccc(CCCN2C(=O)CCC2C=C[C@@H](O)[C@H](C)CCCCc2ccccc2)s1. The summed E-state index contributed by atoms with van der Waals surface area (Å²) in [7, 11) is 1.39. The van der Waals surface area contributed by atoms with Crippen molar-refractivity contribution < 1.29 is 19.4 Å². The van der Waals surface area contributed by atoms with Gasteiger partial charge in [0, 0.05) is 17.8 Å². The van der Waals surface area contributed by atoms with Gasteiger partial charge < -0.3 is 14.7 Å². The van der Waals surface area contributed by atoms with Crippen LogP contribution < -0.4 is 0 Å². The summed E-state index contributed by atoms with van der Waals surface area (Å²) in [5.74, 6) is 0.0695. The van der Waals surface area contributed by atoms with Crippen molar-refractivity contribution in [3.8, 4) is 0 Å². The Labute approximate surface area is 207 Å². The molecule has 1 aromatic heterocycles. The van der Waals surface area contributed by atoms with Gasteiger partial charge in [-0.2, -0.15) is 0 Å². The monoisotopic (exact) mass is 483 g/mol. The van der Waals surface area contributed by atoms with Gasteiger partial charge in [0.05, 0.1) is 19.3 Å². The van der Waals surface area contributed by atoms with Gasteiger partial charge in [-0.15, -0.1) is 11.3 Å². The maximum Gasteiger partial charge on any atom is 0.348 e. The third-order valence-electron chi connectivity index (χ3n) is 6.58. The lowest BCUT2D eigenvalue weighted by Gasteiger charge is -2.23. The topological polar surface area (TPSA) is 66.8 Å². The van der Waals surface area contributed by atoms with E-state index in [1.54, 1.807) is 6.07 Å². The van der Waals surface area contributed by atoms with E-state index >= 15 is 0 Å². The molecular formula is C28H37NO4S. The summed E-state index contributed by atoms with van der Waals surface area (Å²) in [6, 6.07) is 14.3. The van der Waals surface area contributed by atoms with E-state index in [2.05, 4.69) is 31.2 Å². The molecule has 0 aliphatic carbocycles. The number of rotatable bonds is 13. The van der Waals surface area contributed by atoms with Crippen molar-refractivity contribution in [1.82, 2.24) is 4.90 Å². The van der Waals surface area contributed by atoms with E-state index in [4.69, 9.17) is 4.74 Å². The number of aliphatic hydroxyl groups is 1. The van der Waals surface area contributed by atoms with Crippen molar-refractivity contribution >= 4 is 23.2 Å². The minimum Gasteiger partial charge on any atom is -0.465 e. The zero-order valence-electron chi connectivity index (χ0n) is 20.3. The number of unbranched alkanes of at least 4 members (excludes halogenated alkanes) is 1. The number of methoxy groups -OCH3 is 1. The molecule has 2 heterocycles. The Morgan fingerprint density at radius 1 is 1.18 bits per heavy atom. The molecule has 0 radical (unpaired) electrons. The van der Waals surface area contributed by atoms with E-state index in [1.807, 2.05) is 29.2 Å². The number of amides is 1. The van der Waals surface area contributed by atoms with E-state index in [0.717, 1.165) is 49.8 Å². The van der Waals surface area contributed by atoms with Crippen LogP contribution in [0.2, 0.25) is 0 Å². The summed E-state index contributed by atoms with van der Waals surface area (Å²) in [6.07, 6.45) is 10.7. The van der Waals surface area contributed by atoms with Crippen LogP contribution in [0.25, 0.3) is 0 Å². The van der Waals surface area contributed by atoms with Gasteiger partial charge in [0.25, 0.3) is 0 Å². The van der Waals surface area contributed by atoms with Crippen molar-refractivity contribution in [2.75, 3.05) is 13.7 Å². The largest absolute Gasteiger partial charge is 0.465 e. The van der Waals surface area contributed by atoms with Gasteiger partial charge in [-0.25, -0.2) is 4.79 Å². The van der Waals surface area contributed by atoms with E-state index in [1.165, 1.54) is 24.0 Å². The van der Waals surface area contributed by atoms with Crippen LogP contribution in [0.3, 0.4) is 0 Å². The van der Waals surface area contributed by atoms with E-state index in [9.17, 15) is 14.7 Å². The molecule has 1 aliphatic rings. The summed E-state index contributed by atoms with van der Waals surface area (Å²) in [4.78, 5) is 27.7. The summed E-state index contributed by atoms with van der Waals surface area (Å²) in [5.41, 5.74) is 1.37. The van der Waals surface area contributed by atoms with Gasteiger partial charge in [-0.05, 0) is 62.1 Å². The quantitative estimate of drug-likeness (QED) is 0.235. The maximum absolute atomic E-state index is 12.4. The number of likely N-dealkylation sites (tertiary alicyclic amines) is 1. The molecule has 2 aromatic rings. The standard InChI is InChI=1S/C28H37NO4S/c1-21(9-6-7-12-22-10-4-3-5-11-22)25(30)17-14-23-15-19-27(31)29(23)20-8-13-24-16-18-26(34-24)28(32)33-2/h3-5,10-11,14,16-18,21,23,25,30H,6-9,12-13,15,19-20H2,1-2H3/t21-,23?,25-/m1/s1.